The molecule has 0 fully saturated rings. The van der Waals surface area contributed by atoms with Gasteiger partial charge in [0.15, 0.2) is 0 Å². The zero-order valence-electron chi connectivity index (χ0n) is 9.79. The molecular weight excluding hydrogens is 192 g/mol. The lowest BCUT2D eigenvalue weighted by Crippen LogP contribution is -2.43. The molecule has 0 aliphatic heterocycles. The van der Waals surface area contributed by atoms with E-state index >= 15 is 0 Å². The lowest BCUT2D eigenvalue weighted by molar-refractivity contribution is -0.137. The van der Waals surface area contributed by atoms with Crippen LogP contribution in [-0.2, 0) is 4.79 Å². The van der Waals surface area contributed by atoms with Crippen molar-refractivity contribution >= 4 is 5.97 Å². The first kappa shape index (κ1) is 13.9. The number of hydrogen-bond donors (Lipinski definition) is 1. The SMILES string of the molecule is CC(C)(C)N(CCCC#N)CCC(=O)O. The van der Waals surface area contributed by atoms with Gasteiger partial charge in [-0.2, -0.15) is 5.26 Å². The van der Waals surface area contributed by atoms with Gasteiger partial charge in [0.25, 0.3) is 0 Å². The fraction of sp³-hybridized carbons (Fsp3) is 0.818. The summed E-state index contributed by atoms with van der Waals surface area (Å²) in [6, 6.07) is 2.10. The Morgan fingerprint density at radius 1 is 1.40 bits per heavy atom. The molecule has 0 spiro atoms. The molecule has 15 heavy (non-hydrogen) atoms. The van der Waals surface area contributed by atoms with Gasteiger partial charge in [-0.05, 0) is 33.7 Å². The van der Waals surface area contributed by atoms with Crippen molar-refractivity contribution in [3.63, 3.8) is 0 Å². The minimum Gasteiger partial charge on any atom is -0.481 e. The maximum absolute atomic E-state index is 10.5. The maximum Gasteiger partial charge on any atom is 0.304 e. The second-order valence-electron chi connectivity index (χ2n) is 4.56. The summed E-state index contributed by atoms with van der Waals surface area (Å²) in [5, 5.41) is 17.1. The molecular formula is C11H20N2O2. The van der Waals surface area contributed by atoms with Gasteiger partial charge in [-0.1, -0.05) is 0 Å². The lowest BCUT2D eigenvalue weighted by atomic mass is 10.0. The highest BCUT2D eigenvalue weighted by Gasteiger charge is 2.20. The van der Waals surface area contributed by atoms with E-state index in [-0.39, 0.29) is 12.0 Å². The normalized spacial score (nSPS) is 11.4. The molecule has 0 aromatic carbocycles. The van der Waals surface area contributed by atoms with Crippen molar-refractivity contribution in [3.8, 4) is 6.07 Å². The van der Waals surface area contributed by atoms with E-state index < -0.39 is 5.97 Å². The number of hydrogen-bond acceptors (Lipinski definition) is 3. The first-order chi connectivity index (χ1) is 6.88. The van der Waals surface area contributed by atoms with Crippen LogP contribution in [0.5, 0.6) is 0 Å². The summed E-state index contributed by atoms with van der Waals surface area (Å²) < 4.78 is 0. The van der Waals surface area contributed by atoms with E-state index in [9.17, 15) is 4.79 Å². The Morgan fingerprint density at radius 3 is 2.40 bits per heavy atom. The standard InChI is InChI=1S/C11H20N2O2/c1-11(2,3)13(8-5-4-7-12)9-6-10(14)15/h4-6,8-9H2,1-3H3,(H,14,15). The average Bonchev–Trinajstić information content (AvgIpc) is 2.08. The summed E-state index contributed by atoms with van der Waals surface area (Å²) in [7, 11) is 0. The highest BCUT2D eigenvalue weighted by atomic mass is 16.4. The number of unbranched alkanes of at least 4 members (excludes halogenated alkanes) is 1. The molecule has 4 heteroatoms. The molecule has 0 aliphatic rings. The van der Waals surface area contributed by atoms with Crippen LogP contribution in [0.15, 0.2) is 0 Å². The van der Waals surface area contributed by atoms with Crippen LogP contribution in [0.4, 0.5) is 0 Å². The molecule has 0 bridgehead atoms. The molecule has 0 aliphatic carbocycles. The Balaban J connectivity index is 4.09. The molecule has 0 amide bonds. The number of nitriles is 1. The van der Waals surface area contributed by atoms with Crippen molar-refractivity contribution in [2.24, 2.45) is 0 Å². The summed E-state index contributed by atoms with van der Waals surface area (Å²) >= 11 is 0. The van der Waals surface area contributed by atoms with Gasteiger partial charge in [-0.3, -0.25) is 9.69 Å². The Morgan fingerprint density at radius 2 is 2.00 bits per heavy atom. The Kier molecular flexibility index (Phi) is 5.95. The summed E-state index contributed by atoms with van der Waals surface area (Å²) in [4.78, 5) is 12.6. The van der Waals surface area contributed by atoms with Crippen LogP contribution in [0.1, 0.15) is 40.0 Å². The third-order valence-electron chi connectivity index (χ3n) is 2.26. The van der Waals surface area contributed by atoms with Gasteiger partial charge in [0, 0.05) is 18.5 Å². The molecule has 0 atom stereocenters. The minimum atomic E-state index is -0.774. The molecule has 0 rings (SSSR count). The monoisotopic (exact) mass is 212 g/mol. The predicted octanol–water partition coefficient (Wildman–Crippen LogP) is 1.87. The number of aliphatic carboxylic acids is 1. The van der Waals surface area contributed by atoms with Crippen LogP contribution in [0.25, 0.3) is 0 Å². The van der Waals surface area contributed by atoms with Crippen molar-refractivity contribution in [3.05, 3.63) is 0 Å². The quantitative estimate of drug-likeness (QED) is 0.682. The molecule has 0 saturated heterocycles. The largest absolute Gasteiger partial charge is 0.481 e. The molecule has 4 nitrogen and oxygen atoms in total. The predicted molar refractivity (Wildman–Crippen MR) is 58.4 cm³/mol. The second-order valence-corrected chi connectivity index (χ2v) is 4.56. The van der Waals surface area contributed by atoms with Gasteiger partial charge >= 0.3 is 5.97 Å². The molecule has 0 unspecified atom stereocenters. The van der Waals surface area contributed by atoms with Gasteiger partial charge in [0.2, 0.25) is 0 Å². The van der Waals surface area contributed by atoms with Gasteiger partial charge in [-0.15, -0.1) is 0 Å². The van der Waals surface area contributed by atoms with E-state index in [4.69, 9.17) is 10.4 Å². The van der Waals surface area contributed by atoms with Crippen LogP contribution in [0.2, 0.25) is 0 Å². The highest BCUT2D eigenvalue weighted by molar-refractivity contribution is 5.66. The van der Waals surface area contributed by atoms with Crippen LogP contribution in [-0.4, -0.2) is 34.6 Å². The van der Waals surface area contributed by atoms with E-state index in [2.05, 4.69) is 31.7 Å². The molecule has 86 valence electrons. The highest BCUT2D eigenvalue weighted by Crippen LogP contribution is 2.14. The van der Waals surface area contributed by atoms with Gasteiger partial charge in [0.05, 0.1) is 12.5 Å². The van der Waals surface area contributed by atoms with E-state index in [1.165, 1.54) is 0 Å². The number of carbonyl (C=O) groups is 1. The van der Waals surface area contributed by atoms with Crippen LogP contribution in [0.3, 0.4) is 0 Å². The molecule has 0 heterocycles. The summed E-state index contributed by atoms with van der Waals surface area (Å²) in [6.07, 6.45) is 1.48. The van der Waals surface area contributed by atoms with E-state index in [1.807, 2.05) is 0 Å². The third-order valence-corrected chi connectivity index (χ3v) is 2.26. The van der Waals surface area contributed by atoms with Crippen molar-refractivity contribution < 1.29 is 9.90 Å². The van der Waals surface area contributed by atoms with E-state index in [1.54, 1.807) is 0 Å². The second kappa shape index (κ2) is 6.41. The zero-order valence-corrected chi connectivity index (χ0v) is 9.79. The first-order valence-corrected chi connectivity index (χ1v) is 5.21. The van der Waals surface area contributed by atoms with E-state index in [0.29, 0.717) is 13.0 Å². The molecule has 1 N–H and O–H groups in total. The van der Waals surface area contributed by atoms with Gasteiger partial charge < -0.3 is 5.11 Å². The number of carboxylic acid groups (broad SMARTS) is 1. The topological polar surface area (TPSA) is 64.3 Å². The van der Waals surface area contributed by atoms with E-state index in [0.717, 1.165) is 13.0 Å². The van der Waals surface area contributed by atoms with Gasteiger partial charge in [-0.25, -0.2) is 0 Å². The Labute approximate surface area is 91.5 Å². The van der Waals surface area contributed by atoms with Crippen LogP contribution < -0.4 is 0 Å². The average molecular weight is 212 g/mol. The number of rotatable bonds is 6. The van der Waals surface area contributed by atoms with Crippen molar-refractivity contribution in [2.75, 3.05) is 13.1 Å². The molecule has 0 radical (unpaired) electrons. The van der Waals surface area contributed by atoms with Crippen molar-refractivity contribution in [2.45, 2.75) is 45.6 Å². The Hall–Kier alpha value is -1.08. The summed E-state index contributed by atoms with van der Waals surface area (Å²) in [6.45, 7) is 7.50. The van der Waals surface area contributed by atoms with Crippen molar-refractivity contribution in [1.82, 2.24) is 4.90 Å². The summed E-state index contributed by atoms with van der Waals surface area (Å²) in [5.74, 6) is -0.774. The molecule has 0 saturated carbocycles. The minimum absolute atomic E-state index is 0.0368. The van der Waals surface area contributed by atoms with Crippen LogP contribution >= 0.6 is 0 Å². The third kappa shape index (κ3) is 6.92. The zero-order chi connectivity index (χ0) is 11.9. The number of carboxylic acids is 1. The maximum atomic E-state index is 10.5. The number of nitrogens with zero attached hydrogens (tertiary/aromatic N) is 2. The summed E-state index contributed by atoms with van der Waals surface area (Å²) in [5.41, 5.74) is -0.0368. The molecule has 0 aromatic rings. The van der Waals surface area contributed by atoms with Gasteiger partial charge in [0.1, 0.15) is 0 Å². The first-order valence-electron chi connectivity index (χ1n) is 5.21. The fourth-order valence-electron chi connectivity index (χ4n) is 1.36. The lowest BCUT2D eigenvalue weighted by Gasteiger charge is -2.35. The Bertz CT molecular complexity index is 238. The van der Waals surface area contributed by atoms with Crippen molar-refractivity contribution in [1.29, 1.82) is 5.26 Å². The van der Waals surface area contributed by atoms with Crippen LogP contribution in [0, 0.1) is 11.3 Å². The smallest absolute Gasteiger partial charge is 0.304 e. The molecule has 0 aromatic heterocycles. The fourth-order valence-corrected chi connectivity index (χ4v) is 1.36.